The molecule has 0 aromatic rings. The molecule has 12 heteroatoms. The van der Waals surface area contributed by atoms with Crippen LogP contribution in [0.25, 0.3) is 0 Å². The van der Waals surface area contributed by atoms with Gasteiger partial charge in [-0.3, -0.25) is 29.6 Å². The molecule has 0 spiro atoms. The molecule has 1 rings (SSSR count). The maximum atomic E-state index is 11.8. The van der Waals surface area contributed by atoms with E-state index < -0.39 is 5.91 Å². The predicted octanol–water partition coefficient (Wildman–Crippen LogP) is 3.81. The number of amides is 4. The van der Waals surface area contributed by atoms with Gasteiger partial charge in [0.05, 0.1) is 11.8 Å². The number of aliphatic hydroxyl groups excluding tert-OH is 1. The van der Waals surface area contributed by atoms with Crippen LogP contribution in [0.15, 0.2) is 35.5 Å². The number of carbonyl (C=O) groups excluding carboxylic acids is 4. The van der Waals surface area contributed by atoms with E-state index in [-0.39, 0.29) is 24.1 Å². The molecule has 1 heterocycles. The number of carbonyl (C=O) groups is 4. The zero-order valence-corrected chi connectivity index (χ0v) is 23.8. The smallest absolute Gasteiger partial charge is 0.286 e. The first-order valence-electron chi connectivity index (χ1n) is 13.6. The van der Waals surface area contributed by atoms with Gasteiger partial charge in [0.2, 0.25) is 17.7 Å². The number of rotatable bonds is 16. The SMILES string of the molecule is CC.CC/C(=C\O)C(=O)NCCCCCC(=O)NO.CCC1=CCC=C(C(=O)NCCCCCC(=O)NO)O1. The van der Waals surface area contributed by atoms with E-state index in [1.54, 1.807) is 24.0 Å². The molecule has 0 saturated carbocycles. The third-order valence-corrected chi connectivity index (χ3v) is 5.27. The molecule has 0 aromatic carbocycles. The van der Waals surface area contributed by atoms with E-state index in [1.165, 1.54) is 0 Å². The molecule has 4 amide bonds. The lowest BCUT2D eigenvalue weighted by Gasteiger charge is -2.15. The van der Waals surface area contributed by atoms with Gasteiger partial charge < -0.3 is 20.5 Å². The summed E-state index contributed by atoms with van der Waals surface area (Å²) >= 11 is 0. The van der Waals surface area contributed by atoms with Crippen molar-refractivity contribution in [2.24, 2.45) is 0 Å². The summed E-state index contributed by atoms with van der Waals surface area (Å²) in [5.41, 5.74) is 3.50. The van der Waals surface area contributed by atoms with E-state index in [2.05, 4.69) is 10.6 Å². The van der Waals surface area contributed by atoms with Crippen LogP contribution in [0, 0.1) is 0 Å². The van der Waals surface area contributed by atoms with Crippen LogP contribution in [-0.2, 0) is 23.9 Å². The summed E-state index contributed by atoms with van der Waals surface area (Å²) in [6.07, 6.45) is 11.6. The molecule has 0 saturated heterocycles. The summed E-state index contributed by atoms with van der Waals surface area (Å²) < 4.78 is 5.45. The van der Waals surface area contributed by atoms with Crippen LogP contribution < -0.4 is 21.6 Å². The van der Waals surface area contributed by atoms with Gasteiger partial charge in [-0.05, 0) is 50.7 Å². The molecular weight excluding hydrogens is 508 g/mol. The van der Waals surface area contributed by atoms with Crippen LogP contribution in [-0.4, -0.2) is 52.2 Å². The monoisotopic (exact) mass is 556 g/mol. The fourth-order valence-electron chi connectivity index (χ4n) is 3.08. The minimum atomic E-state index is -0.398. The molecule has 1 aliphatic heterocycles. The predicted molar refractivity (Wildman–Crippen MR) is 147 cm³/mol. The number of aliphatic hydroxyl groups is 1. The second-order valence-corrected chi connectivity index (χ2v) is 8.14. The first-order valence-corrected chi connectivity index (χ1v) is 13.6. The second-order valence-electron chi connectivity index (χ2n) is 8.14. The topological polar surface area (TPSA) is 186 Å². The molecule has 0 radical (unpaired) electrons. The van der Waals surface area contributed by atoms with Crippen molar-refractivity contribution in [3.63, 3.8) is 0 Å². The van der Waals surface area contributed by atoms with Gasteiger partial charge in [-0.25, -0.2) is 11.0 Å². The average molecular weight is 557 g/mol. The van der Waals surface area contributed by atoms with E-state index in [0.717, 1.165) is 50.5 Å². The van der Waals surface area contributed by atoms with Crippen molar-refractivity contribution in [3.8, 4) is 0 Å². The Labute approximate surface area is 231 Å². The lowest BCUT2D eigenvalue weighted by Crippen LogP contribution is -2.27. The lowest BCUT2D eigenvalue weighted by molar-refractivity contribution is -0.130. The van der Waals surface area contributed by atoms with Crippen molar-refractivity contribution < 1.29 is 39.4 Å². The highest BCUT2D eigenvalue weighted by atomic mass is 16.5. The highest BCUT2D eigenvalue weighted by Crippen LogP contribution is 2.17. The van der Waals surface area contributed by atoms with Crippen LogP contribution in [0.2, 0.25) is 0 Å². The Morgan fingerprint density at radius 2 is 1.38 bits per heavy atom. The van der Waals surface area contributed by atoms with E-state index >= 15 is 0 Å². The quantitative estimate of drug-likeness (QED) is 0.0491. The number of unbranched alkanes of at least 4 members (excludes halogenated alkanes) is 4. The second kappa shape index (κ2) is 26.2. The summed E-state index contributed by atoms with van der Waals surface area (Å²) in [4.78, 5) is 44.6. The van der Waals surface area contributed by atoms with Crippen LogP contribution in [0.3, 0.4) is 0 Å². The average Bonchev–Trinajstić information content (AvgIpc) is 2.98. The standard InChI is InChI=1S/C14H22N2O4.C11H20N2O4.C2H6/c1-2-11-7-6-8-12(20-11)14(18)15-10-5-3-4-9-13(17)16-19;1-2-9(8-14)11(16)12-7-5-3-4-6-10(15)13-17;1-2/h7-8,19H,2-6,9-10H2,1H3,(H,15,18)(H,16,17);8,14,17H,2-7H2,1H3,(H,12,16)(H,13,15);1-2H3/b;9-8+;. The zero-order valence-electron chi connectivity index (χ0n) is 23.8. The number of allylic oxidation sites excluding steroid dienone is 3. The maximum Gasteiger partial charge on any atom is 0.286 e. The third kappa shape index (κ3) is 20.3. The largest absolute Gasteiger partial charge is 0.515 e. The van der Waals surface area contributed by atoms with Crippen molar-refractivity contribution >= 4 is 23.6 Å². The summed E-state index contributed by atoms with van der Waals surface area (Å²) in [5, 5.41) is 30.7. The molecule has 224 valence electrons. The van der Waals surface area contributed by atoms with Gasteiger partial charge in [0.1, 0.15) is 5.76 Å². The summed E-state index contributed by atoms with van der Waals surface area (Å²) in [7, 11) is 0. The van der Waals surface area contributed by atoms with Gasteiger partial charge in [0, 0.05) is 32.4 Å². The molecule has 0 unspecified atom stereocenters. The van der Waals surface area contributed by atoms with Gasteiger partial charge >= 0.3 is 0 Å². The minimum absolute atomic E-state index is 0.197. The molecule has 0 aromatic heterocycles. The summed E-state index contributed by atoms with van der Waals surface area (Å²) in [5.74, 6) is -0.0453. The van der Waals surface area contributed by atoms with Gasteiger partial charge in [0.25, 0.3) is 5.91 Å². The summed E-state index contributed by atoms with van der Waals surface area (Å²) in [6.45, 7) is 8.83. The molecule has 39 heavy (non-hydrogen) atoms. The number of ether oxygens (including phenoxy) is 1. The lowest BCUT2D eigenvalue weighted by atomic mass is 10.2. The molecule has 7 N–H and O–H groups in total. The molecular formula is C27H48N4O8. The van der Waals surface area contributed by atoms with Crippen LogP contribution >= 0.6 is 0 Å². The van der Waals surface area contributed by atoms with Crippen molar-refractivity contribution in [1.29, 1.82) is 0 Å². The number of hydrogen-bond donors (Lipinski definition) is 7. The molecule has 0 aliphatic carbocycles. The van der Waals surface area contributed by atoms with Crippen LogP contribution in [0.5, 0.6) is 0 Å². The highest BCUT2D eigenvalue weighted by molar-refractivity contribution is 5.93. The Hall–Kier alpha value is -3.38. The Morgan fingerprint density at radius 1 is 0.846 bits per heavy atom. The Balaban J connectivity index is 0. The number of hydrogen-bond acceptors (Lipinski definition) is 8. The van der Waals surface area contributed by atoms with Gasteiger partial charge in [-0.1, -0.05) is 40.5 Å². The fourth-order valence-corrected chi connectivity index (χ4v) is 3.08. The minimum Gasteiger partial charge on any atom is -0.515 e. The molecule has 0 fully saturated rings. The van der Waals surface area contributed by atoms with Gasteiger partial charge in [-0.2, -0.15) is 0 Å². The summed E-state index contributed by atoms with van der Waals surface area (Å²) in [6, 6.07) is 0. The van der Waals surface area contributed by atoms with E-state index in [4.69, 9.17) is 20.3 Å². The Bertz CT molecular complexity index is 810. The molecule has 12 nitrogen and oxygen atoms in total. The first kappa shape index (κ1) is 37.8. The van der Waals surface area contributed by atoms with Gasteiger partial charge in [-0.15, -0.1) is 0 Å². The van der Waals surface area contributed by atoms with E-state index in [1.807, 2.05) is 26.8 Å². The van der Waals surface area contributed by atoms with Crippen LogP contribution in [0.1, 0.15) is 98.3 Å². The van der Waals surface area contributed by atoms with Crippen molar-refractivity contribution in [2.75, 3.05) is 13.1 Å². The van der Waals surface area contributed by atoms with E-state index in [9.17, 15) is 19.2 Å². The van der Waals surface area contributed by atoms with Gasteiger partial charge in [0.15, 0.2) is 5.76 Å². The van der Waals surface area contributed by atoms with Crippen molar-refractivity contribution in [3.05, 3.63) is 35.5 Å². The third-order valence-electron chi connectivity index (χ3n) is 5.27. The van der Waals surface area contributed by atoms with Crippen molar-refractivity contribution in [2.45, 2.75) is 98.3 Å². The molecule has 0 atom stereocenters. The molecule has 0 bridgehead atoms. The first-order chi connectivity index (χ1) is 18.8. The number of nitrogens with one attached hydrogen (secondary N) is 4. The van der Waals surface area contributed by atoms with E-state index in [0.29, 0.717) is 50.1 Å². The maximum absolute atomic E-state index is 11.8. The number of hydroxylamine groups is 2. The molecule has 1 aliphatic rings. The normalized spacial score (nSPS) is 12.1. The Kier molecular flexibility index (Phi) is 25.4. The zero-order chi connectivity index (χ0) is 29.9. The highest BCUT2D eigenvalue weighted by Gasteiger charge is 2.14. The van der Waals surface area contributed by atoms with Crippen molar-refractivity contribution in [1.82, 2.24) is 21.6 Å². The fraction of sp³-hybridized carbons (Fsp3) is 0.630. The Morgan fingerprint density at radius 3 is 1.85 bits per heavy atom. The van der Waals surface area contributed by atoms with Crippen LogP contribution in [0.4, 0.5) is 0 Å².